The van der Waals surface area contributed by atoms with Crippen LogP contribution < -0.4 is 10.6 Å². The molecule has 2 aromatic rings. The van der Waals surface area contributed by atoms with Gasteiger partial charge in [0.2, 0.25) is 0 Å². The molecule has 0 saturated carbocycles. The molecular formula is C18H23ClN2. The lowest BCUT2D eigenvalue weighted by Gasteiger charge is -2.24. The summed E-state index contributed by atoms with van der Waals surface area (Å²) in [5.41, 5.74) is 10.9. The van der Waals surface area contributed by atoms with E-state index in [1.807, 2.05) is 12.1 Å². The maximum absolute atomic E-state index is 6.19. The van der Waals surface area contributed by atoms with Gasteiger partial charge in [0.1, 0.15) is 0 Å². The lowest BCUT2D eigenvalue weighted by molar-refractivity contribution is 0.646. The molecular weight excluding hydrogens is 280 g/mol. The van der Waals surface area contributed by atoms with Gasteiger partial charge in [-0.05, 0) is 49.6 Å². The monoisotopic (exact) mass is 302 g/mol. The first-order valence-electron chi connectivity index (χ1n) is 7.35. The first-order chi connectivity index (χ1) is 10.0. The molecule has 0 saturated heterocycles. The number of nitrogens with zero attached hydrogens (tertiary/aromatic N) is 1. The first-order valence-corrected chi connectivity index (χ1v) is 7.73. The van der Waals surface area contributed by atoms with Crippen LogP contribution in [0, 0.1) is 6.92 Å². The predicted molar refractivity (Wildman–Crippen MR) is 92.7 cm³/mol. The van der Waals surface area contributed by atoms with Gasteiger partial charge in [-0.15, -0.1) is 0 Å². The zero-order valence-electron chi connectivity index (χ0n) is 12.9. The number of aryl methyl sites for hydroxylation is 1. The molecule has 0 heterocycles. The van der Waals surface area contributed by atoms with E-state index in [9.17, 15) is 0 Å². The molecule has 1 atom stereocenters. The van der Waals surface area contributed by atoms with Gasteiger partial charge < -0.3 is 10.6 Å². The molecule has 112 valence electrons. The van der Waals surface area contributed by atoms with Crippen molar-refractivity contribution in [3.05, 3.63) is 58.6 Å². The third kappa shape index (κ3) is 3.99. The Kier molecular flexibility index (Phi) is 5.27. The summed E-state index contributed by atoms with van der Waals surface area (Å²) in [6.07, 6.45) is 1.83. The van der Waals surface area contributed by atoms with E-state index >= 15 is 0 Å². The summed E-state index contributed by atoms with van der Waals surface area (Å²) in [4.78, 5) is 2.17. The minimum Gasteiger partial charge on any atom is -0.344 e. The van der Waals surface area contributed by atoms with E-state index in [-0.39, 0.29) is 6.04 Å². The van der Waals surface area contributed by atoms with Crippen LogP contribution in [0.3, 0.4) is 0 Å². The van der Waals surface area contributed by atoms with E-state index in [0.29, 0.717) is 0 Å². The van der Waals surface area contributed by atoms with Gasteiger partial charge in [0, 0.05) is 29.5 Å². The van der Waals surface area contributed by atoms with E-state index in [1.165, 1.54) is 11.1 Å². The Labute approximate surface area is 132 Å². The van der Waals surface area contributed by atoms with Crippen molar-refractivity contribution in [1.82, 2.24) is 0 Å². The molecule has 0 aliphatic rings. The van der Waals surface area contributed by atoms with Gasteiger partial charge in [0.25, 0.3) is 0 Å². The lowest BCUT2D eigenvalue weighted by Crippen LogP contribution is -2.23. The summed E-state index contributed by atoms with van der Waals surface area (Å²) in [5, 5.41) is 0.748. The van der Waals surface area contributed by atoms with Crippen molar-refractivity contribution in [1.29, 1.82) is 0 Å². The fourth-order valence-electron chi connectivity index (χ4n) is 2.36. The van der Waals surface area contributed by atoms with Crippen molar-refractivity contribution >= 4 is 23.0 Å². The summed E-state index contributed by atoms with van der Waals surface area (Å²) in [5.74, 6) is 0. The van der Waals surface area contributed by atoms with Crippen LogP contribution >= 0.6 is 11.6 Å². The normalized spacial score (nSPS) is 12.2. The lowest BCUT2D eigenvalue weighted by atomic mass is 10.0. The number of hydrogen-bond donors (Lipinski definition) is 1. The average molecular weight is 303 g/mol. The number of halogens is 1. The van der Waals surface area contributed by atoms with Crippen LogP contribution in [0.2, 0.25) is 5.02 Å². The number of nitrogens with two attached hydrogens (primary N) is 1. The Morgan fingerprint density at radius 1 is 1.14 bits per heavy atom. The van der Waals surface area contributed by atoms with Gasteiger partial charge in [-0.1, -0.05) is 42.3 Å². The van der Waals surface area contributed by atoms with Crippen LogP contribution in [-0.4, -0.2) is 13.1 Å². The second kappa shape index (κ2) is 6.97. The molecule has 0 bridgehead atoms. The number of benzene rings is 2. The first kappa shape index (κ1) is 15.9. The SMILES string of the molecule is CCC(N)Cc1ccc(Cl)cc1N(C)c1ccc(C)cc1. The maximum atomic E-state index is 6.19. The van der Waals surface area contributed by atoms with Crippen molar-refractivity contribution in [2.75, 3.05) is 11.9 Å². The Morgan fingerprint density at radius 3 is 2.43 bits per heavy atom. The minimum absolute atomic E-state index is 0.177. The fraction of sp³-hybridized carbons (Fsp3) is 0.333. The molecule has 2 rings (SSSR count). The third-order valence-corrected chi connectivity index (χ3v) is 4.07. The van der Waals surface area contributed by atoms with Crippen LogP contribution in [0.4, 0.5) is 11.4 Å². The number of rotatable bonds is 5. The second-order valence-electron chi connectivity index (χ2n) is 5.54. The summed E-state index contributed by atoms with van der Waals surface area (Å²) >= 11 is 6.19. The number of anilines is 2. The molecule has 0 aliphatic heterocycles. The van der Waals surface area contributed by atoms with Crippen molar-refractivity contribution in [3.8, 4) is 0 Å². The Balaban J connectivity index is 2.36. The van der Waals surface area contributed by atoms with E-state index in [4.69, 9.17) is 17.3 Å². The molecule has 2 nitrogen and oxygen atoms in total. The zero-order valence-corrected chi connectivity index (χ0v) is 13.7. The Bertz CT molecular complexity index is 593. The highest BCUT2D eigenvalue weighted by Crippen LogP contribution is 2.30. The predicted octanol–water partition coefficient (Wildman–Crippen LogP) is 4.70. The molecule has 2 aromatic carbocycles. The van der Waals surface area contributed by atoms with Crippen molar-refractivity contribution < 1.29 is 0 Å². The summed E-state index contributed by atoms with van der Waals surface area (Å²) in [6.45, 7) is 4.21. The average Bonchev–Trinajstić information content (AvgIpc) is 2.49. The standard InChI is InChI=1S/C18H23ClN2/c1-4-16(20)11-14-7-8-15(19)12-18(14)21(3)17-9-5-13(2)6-10-17/h5-10,12,16H,4,11,20H2,1-3H3. The summed E-state index contributed by atoms with van der Waals surface area (Å²) < 4.78 is 0. The zero-order chi connectivity index (χ0) is 15.4. The van der Waals surface area contributed by atoms with Crippen molar-refractivity contribution in [2.24, 2.45) is 5.73 Å². The Morgan fingerprint density at radius 2 is 1.81 bits per heavy atom. The van der Waals surface area contributed by atoms with Gasteiger partial charge in [-0.3, -0.25) is 0 Å². The molecule has 21 heavy (non-hydrogen) atoms. The van der Waals surface area contributed by atoms with Crippen LogP contribution in [-0.2, 0) is 6.42 Å². The molecule has 0 amide bonds. The smallest absolute Gasteiger partial charge is 0.0456 e. The topological polar surface area (TPSA) is 29.3 Å². The van der Waals surface area contributed by atoms with Gasteiger partial charge in [0.15, 0.2) is 0 Å². The molecule has 0 fully saturated rings. The summed E-state index contributed by atoms with van der Waals surface area (Å²) in [6, 6.07) is 14.7. The highest BCUT2D eigenvalue weighted by molar-refractivity contribution is 6.30. The van der Waals surface area contributed by atoms with Crippen LogP contribution in [0.15, 0.2) is 42.5 Å². The molecule has 0 spiro atoms. The van der Waals surface area contributed by atoms with Gasteiger partial charge in [-0.25, -0.2) is 0 Å². The van der Waals surface area contributed by atoms with Gasteiger partial charge >= 0.3 is 0 Å². The molecule has 0 radical (unpaired) electrons. The fourth-order valence-corrected chi connectivity index (χ4v) is 2.52. The van der Waals surface area contributed by atoms with E-state index < -0.39 is 0 Å². The molecule has 3 heteroatoms. The molecule has 2 N–H and O–H groups in total. The van der Waals surface area contributed by atoms with Crippen molar-refractivity contribution in [3.63, 3.8) is 0 Å². The van der Waals surface area contributed by atoms with E-state index in [0.717, 1.165) is 29.2 Å². The maximum Gasteiger partial charge on any atom is 0.0456 e. The largest absolute Gasteiger partial charge is 0.344 e. The van der Waals surface area contributed by atoms with Crippen LogP contribution in [0.25, 0.3) is 0 Å². The molecule has 0 aliphatic carbocycles. The van der Waals surface area contributed by atoms with Crippen molar-refractivity contribution in [2.45, 2.75) is 32.7 Å². The third-order valence-electron chi connectivity index (χ3n) is 3.84. The highest BCUT2D eigenvalue weighted by atomic mass is 35.5. The minimum atomic E-state index is 0.177. The van der Waals surface area contributed by atoms with Gasteiger partial charge in [0.05, 0.1) is 0 Å². The molecule has 1 unspecified atom stereocenters. The second-order valence-corrected chi connectivity index (χ2v) is 5.98. The quantitative estimate of drug-likeness (QED) is 0.867. The van der Waals surface area contributed by atoms with Crippen LogP contribution in [0.5, 0.6) is 0 Å². The highest BCUT2D eigenvalue weighted by Gasteiger charge is 2.12. The number of hydrogen-bond acceptors (Lipinski definition) is 2. The van der Waals surface area contributed by atoms with Crippen LogP contribution in [0.1, 0.15) is 24.5 Å². The molecule has 0 aromatic heterocycles. The Hall–Kier alpha value is -1.51. The summed E-state index contributed by atoms with van der Waals surface area (Å²) in [7, 11) is 2.07. The van der Waals surface area contributed by atoms with E-state index in [2.05, 4.69) is 56.1 Å². The van der Waals surface area contributed by atoms with Gasteiger partial charge in [-0.2, -0.15) is 0 Å². The van der Waals surface area contributed by atoms with E-state index in [1.54, 1.807) is 0 Å².